The molecule has 0 radical (unpaired) electrons. The Morgan fingerprint density at radius 2 is 2.05 bits per heavy atom. The van der Waals surface area contributed by atoms with Crippen molar-refractivity contribution in [1.82, 2.24) is 4.57 Å². The van der Waals surface area contributed by atoms with Crippen molar-refractivity contribution in [2.24, 2.45) is 10.2 Å². The zero-order valence-corrected chi connectivity index (χ0v) is 13.9. The molecule has 0 saturated carbocycles. The summed E-state index contributed by atoms with van der Waals surface area (Å²) < 4.78 is 3.19. The van der Waals surface area contributed by atoms with E-state index in [0.717, 1.165) is 26.2 Å². The molecule has 2 rings (SSSR count). The molecule has 0 saturated heterocycles. The highest BCUT2D eigenvalue weighted by molar-refractivity contribution is 9.10. The Morgan fingerprint density at radius 1 is 1.35 bits per heavy atom. The molecule has 3 nitrogen and oxygen atoms in total. The zero-order valence-electron chi connectivity index (χ0n) is 11.5. The minimum absolute atomic E-state index is 0.714. The van der Waals surface area contributed by atoms with Crippen LogP contribution < -0.4 is 4.80 Å². The molecular weight excluding hydrogens is 334 g/mol. The highest BCUT2D eigenvalue weighted by atomic mass is 79.9. The van der Waals surface area contributed by atoms with Gasteiger partial charge in [-0.25, -0.2) is 0 Å². The number of nitrogens with zero attached hydrogens (tertiary/aromatic N) is 3. The lowest BCUT2D eigenvalue weighted by molar-refractivity contribution is 0.788. The van der Waals surface area contributed by atoms with Crippen LogP contribution in [0.25, 0.3) is 11.3 Å². The molecule has 1 aromatic carbocycles. The van der Waals surface area contributed by atoms with Crippen LogP contribution in [0.15, 0.2) is 57.0 Å². The molecule has 0 bridgehead atoms. The van der Waals surface area contributed by atoms with Crippen molar-refractivity contribution >= 4 is 33.0 Å². The fourth-order valence-electron chi connectivity index (χ4n) is 1.71. The molecule has 0 spiro atoms. The fourth-order valence-corrected chi connectivity index (χ4v) is 2.84. The van der Waals surface area contributed by atoms with E-state index in [1.807, 2.05) is 32.1 Å². The van der Waals surface area contributed by atoms with Gasteiger partial charge in [0.2, 0.25) is 4.80 Å². The number of hydrogen-bond acceptors (Lipinski definition) is 3. The predicted molar refractivity (Wildman–Crippen MR) is 90.0 cm³/mol. The maximum absolute atomic E-state index is 4.30. The third-order valence-corrected chi connectivity index (χ3v) is 3.97. The lowest BCUT2D eigenvalue weighted by Crippen LogP contribution is -2.14. The molecule has 0 fully saturated rings. The minimum Gasteiger partial charge on any atom is -0.311 e. The summed E-state index contributed by atoms with van der Waals surface area (Å²) in [5.74, 6) is 0. The molecule has 0 atom stereocenters. The number of hydrogen-bond donors (Lipinski definition) is 0. The van der Waals surface area contributed by atoms with Crippen molar-refractivity contribution in [3.8, 4) is 11.3 Å². The van der Waals surface area contributed by atoms with Crippen LogP contribution in [-0.4, -0.2) is 10.3 Å². The molecule has 2 aromatic rings. The van der Waals surface area contributed by atoms with Gasteiger partial charge in [0.05, 0.1) is 5.69 Å². The van der Waals surface area contributed by atoms with Crippen molar-refractivity contribution in [2.45, 2.75) is 20.4 Å². The minimum atomic E-state index is 0.714. The van der Waals surface area contributed by atoms with Crippen LogP contribution in [0.1, 0.15) is 13.8 Å². The quantitative estimate of drug-likeness (QED) is 0.443. The van der Waals surface area contributed by atoms with Crippen molar-refractivity contribution in [3.05, 3.63) is 51.6 Å². The van der Waals surface area contributed by atoms with Gasteiger partial charge in [0.1, 0.15) is 0 Å². The number of allylic oxidation sites excluding steroid dienone is 1. The van der Waals surface area contributed by atoms with E-state index in [1.165, 1.54) is 0 Å². The second kappa shape index (κ2) is 6.81. The highest BCUT2D eigenvalue weighted by Gasteiger charge is 2.06. The van der Waals surface area contributed by atoms with E-state index in [1.54, 1.807) is 11.3 Å². The summed E-state index contributed by atoms with van der Waals surface area (Å²) >= 11 is 5.04. The Bertz CT molecular complexity index is 689. The van der Waals surface area contributed by atoms with E-state index in [-0.39, 0.29) is 0 Å². The number of benzene rings is 1. The monoisotopic (exact) mass is 349 g/mol. The SMILES string of the molecule is C=CCn1c(-c2ccc(Br)cc2)cs/c1=N/N=C(C)C. The molecule has 0 unspecified atom stereocenters. The third-order valence-electron chi connectivity index (χ3n) is 2.58. The van der Waals surface area contributed by atoms with Gasteiger partial charge in [-0.3, -0.25) is 0 Å². The van der Waals surface area contributed by atoms with E-state index in [2.05, 4.69) is 54.8 Å². The zero-order chi connectivity index (χ0) is 14.5. The van der Waals surface area contributed by atoms with Gasteiger partial charge in [0.25, 0.3) is 0 Å². The molecule has 0 aliphatic heterocycles. The summed E-state index contributed by atoms with van der Waals surface area (Å²) in [6, 6.07) is 8.25. The Labute approximate surface area is 131 Å². The van der Waals surface area contributed by atoms with E-state index >= 15 is 0 Å². The molecule has 0 aliphatic carbocycles. The van der Waals surface area contributed by atoms with Gasteiger partial charge in [-0.1, -0.05) is 34.1 Å². The molecule has 0 aliphatic rings. The van der Waals surface area contributed by atoms with Gasteiger partial charge in [0.15, 0.2) is 0 Å². The molecule has 1 aromatic heterocycles. The molecule has 0 amide bonds. The lowest BCUT2D eigenvalue weighted by atomic mass is 10.2. The normalized spacial score (nSPS) is 11.4. The van der Waals surface area contributed by atoms with Crippen molar-refractivity contribution < 1.29 is 0 Å². The standard InChI is InChI=1S/C15H16BrN3S/c1-4-9-19-14(12-5-7-13(16)8-6-12)10-20-15(19)18-17-11(2)3/h4-8,10H,1,9H2,2-3H3/b18-15+. The summed E-state index contributed by atoms with van der Waals surface area (Å²) in [7, 11) is 0. The highest BCUT2D eigenvalue weighted by Crippen LogP contribution is 2.22. The third kappa shape index (κ3) is 3.55. The summed E-state index contributed by atoms with van der Waals surface area (Å²) in [4.78, 5) is 0.879. The molecule has 104 valence electrons. The van der Waals surface area contributed by atoms with E-state index in [0.29, 0.717) is 6.54 Å². The van der Waals surface area contributed by atoms with Gasteiger partial charge >= 0.3 is 0 Å². The van der Waals surface area contributed by atoms with Crippen LogP contribution in [0, 0.1) is 0 Å². The smallest absolute Gasteiger partial charge is 0.211 e. The fraction of sp³-hybridized carbons (Fsp3) is 0.200. The van der Waals surface area contributed by atoms with Crippen LogP contribution in [0.3, 0.4) is 0 Å². The molecular formula is C15H16BrN3S. The maximum Gasteiger partial charge on any atom is 0.211 e. The van der Waals surface area contributed by atoms with Crippen molar-refractivity contribution in [2.75, 3.05) is 0 Å². The van der Waals surface area contributed by atoms with Crippen LogP contribution >= 0.6 is 27.3 Å². The van der Waals surface area contributed by atoms with Gasteiger partial charge in [-0.05, 0) is 31.5 Å². The first-order valence-electron chi connectivity index (χ1n) is 6.22. The van der Waals surface area contributed by atoms with Crippen molar-refractivity contribution in [3.63, 3.8) is 0 Å². The van der Waals surface area contributed by atoms with Gasteiger partial charge in [-0.2, -0.15) is 5.10 Å². The van der Waals surface area contributed by atoms with E-state index in [4.69, 9.17) is 0 Å². The van der Waals surface area contributed by atoms with Crippen molar-refractivity contribution in [1.29, 1.82) is 0 Å². The second-order valence-corrected chi connectivity index (χ2v) is 6.21. The average Bonchev–Trinajstić information content (AvgIpc) is 2.81. The molecule has 5 heteroatoms. The number of rotatable bonds is 4. The topological polar surface area (TPSA) is 29.6 Å². The Kier molecular flexibility index (Phi) is 5.09. The maximum atomic E-state index is 4.30. The first-order chi connectivity index (χ1) is 9.61. The largest absolute Gasteiger partial charge is 0.311 e. The van der Waals surface area contributed by atoms with Crippen LogP contribution in [0.2, 0.25) is 0 Å². The van der Waals surface area contributed by atoms with E-state index in [9.17, 15) is 0 Å². The van der Waals surface area contributed by atoms with Gasteiger partial charge in [0, 0.05) is 22.1 Å². The van der Waals surface area contributed by atoms with Crippen LogP contribution in [0.5, 0.6) is 0 Å². The van der Waals surface area contributed by atoms with E-state index < -0.39 is 0 Å². The second-order valence-electron chi connectivity index (χ2n) is 4.46. The predicted octanol–water partition coefficient (Wildman–Crippen LogP) is 4.46. The number of aromatic nitrogens is 1. The number of halogens is 1. The average molecular weight is 350 g/mol. The summed E-state index contributed by atoms with van der Waals surface area (Å²) in [5.41, 5.74) is 3.23. The first-order valence-corrected chi connectivity index (χ1v) is 7.89. The Hall–Kier alpha value is -1.46. The molecule has 1 heterocycles. The summed E-state index contributed by atoms with van der Waals surface area (Å²) in [5, 5.41) is 10.6. The van der Waals surface area contributed by atoms with Gasteiger partial charge in [-0.15, -0.1) is 23.0 Å². The summed E-state index contributed by atoms with van der Waals surface area (Å²) in [6.07, 6.45) is 1.87. The molecule has 20 heavy (non-hydrogen) atoms. The van der Waals surface area contributed by atoms with Crippen LogP contribution in [-0.2, 0) is 6.54 Å². The Balaban J connectivity index is 2.54. The first kappa shape index (κ1) is 14.9. The van der Waals surface area contributed by atoms with Gasteiger partial charge < -0.3 is 4.57 Å². The lowest BCUT2D eigenvalue weighted by Gasteiger charge is -2.06. The summed E-state index contributed by atoms with van der Waals surface area (Å²) in [6.45, 7) is 8.40. The Morgan fingerprint density at radius 3 is 2.65 bits per heavy atom. The van der Waals surface area contributed by atoms with Crippen LogP contribution in [0.4, 0.5) is 0 Å². The number of thiazole rings is 1. The molecule has 0 N–H and O–H groups in total.